The molecule has 0 fully saturated rings. The van der Waals surface area contributed by atoms with Crippen LogP contribution in [-0.2, 0) is 0 Å². The summed E-state index contributed by atoms with van der Waals surface area (Å²) in [4.78, 5) is 0. The van der Waals surface area contributed by atoms with Gasteiger partial charge in [0, 0.05) is 17.2 Å². The molecule has 3 atom stereocenters. The van der Waals surface area contributed by atoms with Gasteiger partial charge in [-0.05, 0) is 20.8 Å². The molecule has 0 heterocycles. The Kier molecular flexibility index (Phi) is 4.11. The molecule has 3 unspecified atom stereocenters. The second kappa shape index (κ2) is 4.08. The molecule has 0 aliphatic heterocycles. The molecule has 0 saturated heterocycles. The predicted molar refractivity (Wildman–Crippen MR) is 42.2 cm³/mol. The highest BCUT2D eigenvalue weighted by Crippen LogP contribution is 2.02. The fourth-order valence-electron chi connectivity index (χ4n) is 1.21. The van der Waals surface area contributed by atoms with Crippen LogP contribution in [0.3, 0.4) is 0 Å². The first-order valence-electron chi connectivity index (χ1n) is 3.51. The van der Waals surface area contributed by atoms with Crippen molar-refractivity contribution < 1.29 is 15.3 Å². The van der Waals surface area contributed by atoms with Gasteiger partial charge in [-0.1, -0.05) is 0 Å². The fourth-order valence-corrected chi connectivity index (χ4v) is 3.63. The van der Waals surface area contributed by atoms with Crippen LogP contribution < -0.4 is 0 Å². The van der Waals surface area contributed by atoms with Crippen LogP contribution in [0.1, 0.15) is 20.8 Å². The Morgan fingerprint density at radius 3 is 1.00 bits per heavy atom. The standard InChI is InChI=1S/C6H16O3Si/c1-4(7)10(5(2)8)6(3)9/h4-10H,1-3H3. The van der Waals surface area contributed by atoms with Crippen LogP contribution in [0.5, 0.6) is 0 Å². The van der Waals surface area contributed by atoms with Gasteiger partial charge in [0.2, 0.25) is 0 Å². The molecular formula is C6H16O3Si. The third-order valence-corrected chi connectivity index (χ3v) is 5.01. The molecule has 3 N–H and O–H groups in total. The van der Waals surface area contributed by atoms with Crippen LogP contribution in [-0.4, -0.2) is 41.3 Å². The van der Waals surface area contributed by atoms with Crippen molar-refractivity contribution in [2.75, 3.05) is 0 Å². The lowest BCUT2D eigenvalue weighted by molar-refractivity contribution is 0.189. The second-order valence-corrected chi connectivity index (χ2v) is 6.85. The molecule has 0 amide bonds. The highest BCUT2D eigenvalue weighted by Gasteiger charge is 2.27. The summed E-state index contributed by atoms with van der Waals surface area (Å²) in [5, 5.41) is 27.3. The van der Waals surface area contributed by atoms with Gasteiger partial charge < -0.3 is 15.3 Å². The summed E-state index contributed by atoms with van der Waals surface area (Å²) in [6.07, 6.45) is 0. The second-order valence-electron chi connectivity index (χ2n) is 2.80. The molecule has 0 aliphatic rings. The summed E-state index contributed by atoms with van der Waals surface area (Å²) in [7, 11) is -1.79. The van der Waals surface area contributed by atoms with Gasteiger partial charge in [0.1, 0.15) is 8.80 Å². The zero-order chi connectivity index (χ0) is 8.31. The van der Waals surface area contributed by atoms with Crippen LogP contribution in [0.25, 0.3) is 0 Å². The van der Waals surface area contributed by atoms with Crippen molar-refractivity contribution in [3.63, 3.8) is 0 Å². The first-order chi connectivity index (χ1) is 4.46. The van der Waals surface area contributed by atoms with E-state index in [4.69, 9.17) is 15.3 Å². The van der Waals surface area contributed by atoms with E-state index in [1.807, 2.05) is 0 Å². The molecular weight excluding hydrogens is 148 g/mol. The van der Waals surface area contributed by atoms with Gasteiger partial charge in [-0.25, -0.2) is 0 Å². The Hall–Kier alpha value is 0.0969. The Balaban J connectivity index is 3.98. The van der Waals surface area contributed by atoms with Crippen molar-refractivity contribution in [2.24, 2.45) is 0 Å². The quantitative estimate of drug-likeness (QED) is 0.468. The molecule has 0 radical (unpaired) electrons. The fraction of sp³-hybridized carbons (Fsp3) is 1.00. The lowest BCUT2D eigenvalue weighted by Crippen LogP contribution is -2.47. The molecule has 0 aromatic carbocycles. The van der Waals surface area contributed by atoms with E-state index in [1.165, 1.54) is 0 Å². The normalized spacial score (nSPS) is 23.4. The molecule has 4 heteroatoms. The Morgan fingerprint density at radius 1 is 0.800 bits per heavy atom. The Morgan fingerprint density at radius 2 is 1.00 bits per heavy atom. The molecule has 10 heavy (non-hydrogen) atoms. The molecule has 0 aromatic heterocycles. The van der Waals surface area contributed by atoms with E-state index in [0.717, 1.165) is 0 Å². The van der Waals surface area contributed by atoms with Crippen molar-refractivity contribution >= 4 is 8.80 Å². The number of hydrogen-bond donors (Lipinski definition) is 3. The smallest absolute Gasteiger partial charge is 0.135 e. The summed E-state index contributed by atoms with van der Waals surface area (Å²) in [6, 6.07) is 0. The van der Waals surface area contributed by atoms with Crippen molar-refractivity contribution in [1.82, 2.24) is 0 Å². The maximum absolute atomic E-state index is 9.09. The van der Waals surface area contributed by atoms with Crippen molar-refractivity contribution in [2.45, 2.75) is 38.0 Å². The zero-order valence-corrected chi connectivity index (χ0v) is 7.81. The summed E-state index contributed by atoms with van der Waals surface area (Å²) in [5.41, 5.74) is -1.58. The van der Waals surface area contributed by atoms with Gasteiger partial charge in [0.05, 0.1) is 0 Å². The van der Waals surface area contributed by atoms with Gasteiger partial charge in [-0.2, -0.15) is 0 Å². The van der Waals surface area contributed by atoms with Crippen molar-refractivity contribution in [3.8, 4) is 0 Å². The van der Waals surface area contributed by atoms with E-state index in [-0.39, 0.29) is 0 Å². The average Bonchev–Trinajstić information content (AvgIpc) is 1.59. The topological polar surface area (TPSA) is 60.7 Å². The number of rotatable bonds is 3. The van der Waals surface area contributed by atoms with Gasteiger partial charge in [0.25, 0.3) is 0 Å². The molecule has 0 bridgehead atoms. The average molecular weight is 164 g/mol. The van der Waals surface area contributed by atoms with Crippen LogP contribution in [0.15, 0.2) is 0 Å². The highest BCUT2D eigenvalue weighted by molar-refractivity contribution is 6.62. The molecule has 0 aliphatic carbocycles. The largest absolute Gasteiger partial charge is 0.397 e. The molecule has 3 nitrogen and oxygen atoms in total. The molecule has 62 valence electrons. The Bertz CT molecular complexity index is 74.0. The summed E-state index contributed by atoms with van der Waals surface area (Å²) in [6.45, 7) is 4.86. The van der Waals surface area contributed by atoms with Gasteiger partial charge in [0.15, 0.2) is 0 Å². The number of aliphatic hydroxyl groups is 3. The van der Waals surface area contributed by atoms with Crippen LogP contribution in [0, 0.1) is 0 Å². The number of hydrogen-bond acceptors (Lipinski definition) is 3. The van der Waals surface area contributed by atoms with Crippen molar-refractivity contribution in [3.05, 3.63) is 0 Å². The summed E-state index contributed by atoms with van der Waals surface area (Å²) < 4.78 is 0. The maximum Gasteiger partial charge on any atom is 0.135 e. The minimum absolute atomic E-state index is 0.528. The van der Waals surface area contributed by atoms with Crippen LogP contribution in [0.2, 0.25) is 0 Å². The maximum atomic E-state index is 9.09. The lowest BCUT2D eigenvalue weighted by Gasteiger charge is -2.23. The molecule has 0 rings (SSSR count). The number of aliphatic hydroxyl groups excluding tert-OH is 3. The lowest BCUT2D eigenvalue weighted by atomic mass is 10.8. The molecule has 0 spiro atoms. The molecule has 0 saturated carbocycles. The Labute approximate surface area is 62.9 Å². The minimum Gasteiger partial charge on any atom is -0.397 e. The summed E-state index contributed by atoms with van der Waals surface area (Å²) in [5.74, 6) is 0. The van der Waals surface area contributed by atoms with E-state index in [1.54, 1.807) is 20.8 Å². The third kappa shape index (κ3) is 2.79. The van der Waals surface area contributed by atoms with Crippen molar-refractivity contribution in [1.29, 1.82) is 0 Å². The monoisotopic (exact) mass is 164 g/mol. The van der Waals surface area contributed by atoms with E-state index >= 15 is 0 Å². The van der Waals surface area contributed by atoms with Gasteiger partial charge in [-0.3, -0.25) is 0 Å². The summed E-state index contributed by atoms with van der Waals surface area (Å²) >= 11 is 0. The molecule has 0 aromatic rings. The zero-order valence-electron chi connectivity index (χ0n) is 6.65. The van der Waals surface area contributed by atoms with Crippen LogP contribution in [0.4, 0.5) is 0 Å². The van der Waals surface area contributed by atoms with Crippen LogP contribution >= 0.6 is 0 Å². The van der Waals surface area contributed by atoms with E-state index < -0.39 is 26.0 Å². The van der Waals surface area contributed by atoms with Gasteiger partial charge in [-0.15, -0.1) is 0 Å². The highest BCUT2D eigenvalue weighted by atomic mass is 28.3. The van der Waals surface area contributed by atoms with E-state index in [0.29, 0.717) is 0 Å². The predicted octanol–water partition coefficient (Wildman–Crippen LogP) is -1.03. The van der Waals surface area contributed by atoms with Gasteiger partial charge >= 0.3 is 0 Å². The van der Waals surface area contributed by atoms with E-state index in [2.05, 4.69) is 0 Å². The first-order valence-corrected chi connectivity index (χ1v) is 5.51. The third-order valence-electron chi connectivity index (χ3n) is 1.67. The SMILES string of the molecule is CC(O)[SiH](C(C)O)C(C)O. The van der Waals surface area contributed by atoms with E-state index in [9.17, 15) is 0 Å². The first kappa shape index (κ1) is 10.1. The minimum atomic E-state index is -1.79.